The molecule has 0 fully saturated rings. The lowest BCUT2D eigenvalue weighted by Crippen LogP contribution is -2.38. The van der Waals surface area contributed by atoms with Gasteiger partial charge in [-0.1, -0.05) is 30.3 Å². The van der Waals surface area contributed by atoms with Gasteiger partial charge in [0.25, 0.3) is 0 Å². The number of benzene rings is 1. The molecule has 0 saturated carbocycles. The minimum absolute atomic E-state index is 0.476. The highest BCUT2D eigenvalue weighted by molar-refractivity contribution is 5.86. The second-order valence-electron chi connectivity index (χ2n) is 5.84. The molecule has 0 aliphatic carbocycles. The Bertz CT molecular complexity index is 863. The van der Waals surface area contributed by atoms with Gasteiger partial charge >= 0.3 is 0 Å². The maximum absolute atomic E-state index is 4.96. The molecule has 0 aliphatic heterocycles. The Morgan fingerprint density at radius 1 is 1.28 bits per heavy atom. The van der Waals surface area contributed by atoms with Crippen LogP contribution >= 0.6 is 0 Å². The fourth-order valence-corrected chi connectivity index (χ4v) is 2.89. The molecule has 7 heteroatoms. The lowest BCUT2D eigenvalue weighted by atomic mass is 10.1. The van der Waals surface area contributed by atoms with E-state index in [1.165, 1.54) is 22.0 Å². The summed E-state index contributed by atoms with van der Waals surface area (Å²) < 4.78 is 4.96. The van der Waals surface area contributed by atoms with E-state index in [4.69, 9.17) is 4.52 Å². The standard InChI is InChI=1S/C18H24N6O/c1-4-13-6-5-7-15-14(10-21-17(13)15)8-9-20-18(19-3)22-11-16-23-12(2)25-24-16/h5-7,10,21H,4,8-9,11H2,1-3H3,(H2,19,20,22). The average Bonchev–Trinajstić information content (AvgIpc) is 3.24. The third-order valence-corrected chi connectivity index (χ3v) is 4.16. The van der Waals surface area contributed by atoms with Gasteiger partial charge in [0.05, 0.1) is 6.54 Å². The van der Waals surface area contributed by atoms with Crippen LogP contribution in [-0.2, 0) is 19.4 Å². The van der Waals surface area contributed by atoms with Gasteiger partial charge in [0, 0.05) is 37.6 Å². The number of nitrogens with one attached hydrogen (secondary N) is 3. The Labute approximate surface area is 146 Å². The SMILES string of the molecule is CCc1cccc2c(CCNC(=NC)NCc3noc(C)n3)c[nH]c12. The zero-order chi connectivity index (χ0) is 17.6. The summed E-state index contributed by atoms with van der Waals surface area (Å²) in [6, 6.07) is 6.47. The van der Waals surface area contributed by atoms with E-state index in [0.717, 1.165) is 25.3 Å². The molecule has 2 aromatic heterocycles. The minimum atomic E-state index is 0.476. The molecule has 1 aromatic carbocycles. The number of nitrogens with zero attached hydrogens (tertiary/aromatic N) is 3. The molecule has 2 heterocycles. The molecule has 0 unspecified atom stereocenters. The zero-order valence-electron chi connectivity index (χ0n) is 14.9. The van der Waals surface area contributed by atoms with Crippen molar-refractivity contribution in [3.63, 3.8) is 0 Å². The van der Waals surface area contributed by atoms with Crippen molar-refractivity contribution >= 4 is 16.9 Å². The van der Waals surface area contributed by atoms with E-state index in [2.05, 4.69) is 62.1 Å². The van der Waals surface area contributed by atoms with E-state index < -0.39 is 0 Å². The topological polar surface area (TPSA) is 91.1 Å². The van der Waals surface area contributed by atoms with E-state index in [1.54, 1.807) is 14.0 Å². The van der Waals surface area contributed by atoms with Gasteiger partial charge in [-0.2, -0.15) is 4.98 Å². The summed E-state index contributed by atoms with van der Waals surface area (Å²) in [5, 5.41) is 11.7. The summed E-state index contributed by atoms with van der Waals surface area (Å²) in [4.78, 5) is 11.8. The third-order valence-electron chi connectivity index (χ3n) is 4.16. The van der Waals surface area contributed by atoms with Gasteiger partial charge in [-0.3, -0.25) is 4.99 Å². The van der Waals surface area contributed by atoms with Crippen molar-refractivity contribution in [2.75, 3.05) is 13.6 Å². The van der Waals surface area contributed by atoms with Gasteiger partial charge in [-0.05, 0) is 24.0 Å². The Balaban J connectivity index is 1.54. The molecule has 0 spiro atoms. The molecule has 0 amide bonds. The van der Waals surface area contributed by atoms with Gasteiger partial charge in [-0.25, -0.2) is 0 Å². The molecule has 0 aliphatic rings. The van der Waals surface area contributed by atoms with E-state index >= 15 is 0 Å². The number of aryl methyl sites for hydroxylation is 2. The first kappa shape index (κ1) is 17.0. The monoisotopic (exact) mass is 340 g/mol. The molecule has 3 rings (SSSR count). The van der Waals surface area contributed by atoms with Gasteiger partial charge < -0.3 is 20.1 Å². The molecule has 132 valence electrons. The van der Waals surface area contributed by atoms with Crippen LogP contribution < -0.4 is 10.6 Å². The minimum Gasteiger partial charge on any atom is -0.361 e. The largest absolute Gasteiger partial charge is 0.361 e. The molecule has 0 saturated heterocycles. The van der Waals surface area contributed by atoms with Crippen LogP contribution in [0.3, 0.4) is 0 Å². The average molecular weight is 340 g/mol. The Kier molecular flexibility index (Phi) is 5.33. The summed E-state index contributed by atoms with van der Waals surface area (Å²) in [6.45, 7) is 5.21. The van der Waals surface area contributed by atoms with Crippen LogP contribution in [0, 0.1) is 6.92 Å². The van der Waals surface area contributed by atoms with E-state index in [1.807, 2.05) is 0 Å². The predicted octanol–water partition coefficient (Wildman–Crippen LogP) is 2.33. The fraction of sp³-hybridized carbons (Fsp3) is 0.389. The normalized spacial score (nSPS) is 11.9. The molecule has 25 heavy (non-hydrogen) atoms. The second-order valence-corrected chi connectivity index (χ2v) is 5.84. The van der Waals surface area contributed by atoms with Gasteiger partial charge in [-0.15, -0.1) is 0 Å². The summed E-state index contributed by atoms with van der Waals surface area (Å²) in [5.74, 6) is 1.89. The maximum Gasteiger partial charge on any atom is 0.223 e. The number of fused-ring (bicyclic) bond motifs is 1. The molecule has 3 aromatic rings. The van der Waals surface area contributed by atoms with Crippen LogP contribution in [-0.4, -0.2) is 34.7 Å². The number of guanidine groups is 1. The van der Waals surface area contributed by atoms with Gasteiger partial charge in [0.15, 0.2) is 11.8 Å². The number of para-hydroxylation sites is 1. The number of aromatic nitrogens is 3. The highest BCUT2D eigenvalue weighted by atomic mass is 16.5. The predicted molar refractivity (Wildman–Crippen MR) is 98.6 cm³/mol. The lowest BCUT2D eigenvalue weighted by molar-refractivity contribution is 0.387. The molecule has 7 nitrogen and oxygen atoms in total. The Morgan fingerprint density at radius 2 is 2.16 bits per heavy atom. The molecular weight excluding hydrogens is 316 g/mol. The number of hydrogen-bond acceptors (Lipinski definition) is 4. The first-order valence-electron chi connectivity index (χ1n) is 8.52. The summed E-state index contributed by atoms with van der Waals surface area (Å²) in [7, 11) is 1.75. The van der Waals surface area contributed by atoms with Crippen molar-refractivity contribution in [3.8, 4) is 0 Å². The van der Waals surface area contributed by atoms with Gasteiger partial charge in [0.1, 0.15) is 0 Å². The maximum atomic E-state index is 4.96. The van der Waals surface area contributed by atoms with Crippen molar-refractivity contribution in [2.24, 2.45) is 4.99 Å². The van der Waals surface area contributed by atoms with E-state index in [0.29, 0.717) is 18.3 Å². The third kappa shape index (κ3) is 3.99. The molecule has 0 bridgehead atoms. The van der Waals surface area contributed by atoms with Crippen molar-refractivity contribution in [3.05, 3.63) is 47.2 Å². The lowest BCUT2D eigenvalue weighted by Gasteiger charge is -2.10. The van der Waals surface area contributed by atoms with Crippen molar-refractivity contribution < 1.29 is 4.52 Å². The number of hydrogen-bond donors (Lipinski definition) is 3. The van der Waals surface area contributed by atoms with Crippen LogP contribution in [0.1, 0.15) is 29.8 Å². The van der Waals surface area contributed by atoms with Crippen molar-refractivity contribution in [1.29, 1.82) is 0 Å². The van der Waals surface area contributed by atoms with Crippen LogP contribution in [0.15, 0.2) is 33.9 Å². The second kappa shape index (κ2) is 7.83. The van der Waals surface area contributed by atoms with E-state index in [-0.39, 0.29) is 0 Å². The molecule has 0 radical (unpaired) electrons. The fourth-order valence-electron chi connectivity index (χ4n) is 2.89. The highest BCUT2D eigenvalue weighted by Crippen LogP contribution is 2.22. The highest BCUT2D eigenvalue weighted by Gasteiger charge is 2.07. The van der Waals surface area contributed by atoms with Crippen molar-refractivity contribution in [1.82, 2.24) is 25.8 Å². The molecular formula is C18H24N6O. The summed E-state index contributed by atoms with van der Waals surface area (Å²) in [5.41, 5.74) is 3.90. The quantitative estimate of drug-likeness (QED) is 0.473. The van der Waals surface area contributed by atoms with Crippen LogP contribution in [0.2, 0.25) is 0 Å². The number of rotatable bonds is 6. The molecule has 3 N–H and O–H groups in total. The first-order chi connectivity index (χ1) is 12.2. The summed E-state index contributed by atoms with van der Waals surface area (Å²) >= 11 is 0. The van der Waals surface area contributed by atoms with E-state index in [9.17, 15) is 0 Å². The first-order valence-corrected chi connectivity index (χ1v) is 8.52. The van der Waals surface area contributed by atoms with Crippen molar-refractivity contribution in [2.45, 2.75) is 33.2 Å². The Morgan fingerprint density at radius 3 is 2.88 bits per heavy atom. The smallest absolute Gasteiger partial charge is 0.223 e. The number of aromatic amines is 1. The van der Waals surface area contributed by atoms with Gasteiger partial charge in [0.2, 0.25) is 5.89 Å². The van der Waals surface area contributed by atoms with Crippen LogP contribution in [0.5, 0.6) is 0 Å². The zero-order valence-corrected chi connectivity index (χ0v) is 14.9. The number of H-pyrrole nitrogens is 1. The molecule has 0 atom stereocenters. The van der Waals surface area contributed by atoms with Crippen LogP contribution in [0.4, 0.5) is 0 Å². The summed E-state index contributed by atoms with van der Waals surface area (Å²) in [6.07, 6.45) is 4.04. The van der Waals surface area contributed by atoms with Crippen LogP contribution in [0.25, 0.3) is 10.9 Å². The Hall–Kier alpha value is -2.83. The number of aliphatic imine (C=N–C) groups is 1.